The number of nitrogens with one attached hydrogen (secondary N) is 1. The van der Waals surface area contributed by atoms with Gasteiger partial charge < -0.3 is 5.32 Å². The van der Waals surface area contributed by atoms with Crippen LogP contribution in [-0.4, -0.2) is 37.8 Å². The van der Waals surface area contributed by atoms with Gasteiger partial charge in [0, 0.05) is 25.6 Å². The van der Waals surface area contributed by atoms with E-state index in [1.54, 1.807) is 0 Å². The second kappa shape index (κ2) is 9.98. The van der Waals surface area contributed by atoms with E-state index in [4.69, 9.17) is 0 Å². The number of benzene rings is 2. The number of rotatable bonds is 8. The molecule has 5 nitrogen and oxygen atoms in total. The van der Waals surface area contributed by atoms with Crippen LogP contribution in [0.25, 0.3) is 0 Å². The van der Waals surface area contributed by atoms with Crippen molar-refractivity contribution < 1.29 is 17.6 Å². The zero-order chi connectivity index (χ0) is 20.7. The molecule has 3 rings (SSSR count). The minimum atomic E-state index is -3.75. The summed E-state index contributed by atoms with van der Waals surface area (Å²) in [4.78, 5) is 12.5. The molecular formula is C22H27FN2O3S. The molecule has 1 aliphatic rings. The molecule has 1 fully saturated rings. The number of sulfonamides is 1. The molecule has 0 radical (unpaired) electrons. The maximum absolute atomic E-state index is 13.2. The van der Waals surface area contributed by atoms with Crippen LogP contribution in [0.2, 0.25) is 0 Å². The molecule has 156 valence electrons. The van der Waals surface area contributed by atoms with E-state index in [1.807, 2.05) is 18.2 Å². The quantitative estimate of drug-likeness (QED) is 0.667. The third kappa shape index (κ3) is 5.87. The molecule has 1 amide bonds. The first-order chi connectivity index (χ1) is 14.0. The van der Waals surface area contributed by atoms with Gasteiger partial charge in [0.15, 0.2) is 0 Å². The lowest BCUT2D eigenvalue weighted by Gasteiger charge is -2.34. The number of nitrogens with zero attached hydrogens (tertiary/aromatic N) is 1. The summed E-state index contributed by atoms with van der Waals surface area (Å²) in [5, 5.41) is 2.91. The molecule has 0 spiro atoms. The van der Waals surface area contributed by atoms with E-state index < -0.39 is 15.8 Å². The monoisotopic (exact) mass is 418 g/mol. The second-order valence-electron chi connectivity index (χ2n) is 7.36. The van der Waals surface area contributed by atoms with Crippen LogP contribution in [0.1, 0.15) is 37.7 Å². The standard InChI is InChI=1S/C22H27FN2O3S/c23-19-11-13-21(14-12-19)29(27,28)25-16-5-4-10-20(25)17-22(26)24-15-6-9-18-7-2-1-3-8-18/h1-3,7-8,11-14,20H,4-6,9-10,15-17H2,(H,24,26). The lowest BCUT2D eigenvalue weighted by Crippen LogP contribution is -2.46. The highest BCUT2D eigenvalue weighted by atomic mass is 32.2. The van der Waals surface area contributed by atoms with Crippen LogP contribution < -0.4 is 5.32 Å². The molecule has 1 saturated heterocycles. The predicted octanol–water partition coefficient (Wildman–Crippen LogP) is 3.51. The van der Waals surface area contributed by atoms with Gasteiger partial charge in [0.05, 0.1) is 4.90 Å². The van der Waals surface area contributed by atoms with Gasteiger partial charge in [-0.1, -0.05) is 36.8 Å². The Bertz CT molecular complexity index is 901. The van der Waals surface area contributed by atoms with Crippen molar-refractivity contribution in [3.63, 3.8) is 0 Å². The Morgan fingerprint density at radius 3 is 2.52 bits per heavy atom. The molecule has 1 unspecified atom stereocenters. The van der Waals surface area contributed by atoms with E-state index in [0.29, 0.717) is 19.5 Å². The molecule has 7 heteroatoms. The molecule has 2 aromatic carbocycles. The molecule has 1 atom stereocenters. The van der Waals surface area contributed by atoms with Crippen molar-refractivity contribution >= 4 is 15.9 Å². The Kier molecular flexibility index (Phi) is 7.39. The molecule has 0 saturated carbocycles. The minimum Gasteiger partial charge on any atom is -0.356 e. The highest BCUT2D eigenvalue weighted by Crippen LogP contribution is 2.27. The van der Waals surface area contributed by atoms with Gasteiger partial charge in [0.25, 0.3) is 0 Å². The molecule has 0 bridgehead atoms. The summed E-state index contributed by atoms with van der Waals surface area (Å²) in [6, 6.07) is 14.6. The van der Waals surface area contributed by atoms with E-state index in [1.165, 1.54) is 22.0 Å². The number of carbonyl (C=O) groups excluding carboxylic acids is 1. The van der Waals surface area contributed by atoms with Gasteiger partial charge in [-0.05, 0) is 55.5 Å². The number of halogens is 1. The van der Waals surface area contributed by atoms with E-state index in [9.17, 15) is 17.6 Å². The molecule has 29 heavy (non-hydrogen) atoms. The fourth-order valence-electron chi connectivity index (χ4n) is 3.69. The van der Waals surface area contributed by atoms with Crippen molar-refractivity contribution in [1.29, 1.82) is 0 Å². The van der Waals surface area contributed by atoms with E-state index >= 15 is 0 Å². The van der Waals surface area contributed by atoms with Crippen molar-refractivity contribution in [1.82, 2.24) is 9.62 Å². The van der Waals surface area contributed by atoms with Crippen molar-refractivity contribution in [3.05, 3.63) is 66.0 Å². The average molecular weight is 419 g/mol. The average Bonchev–Trinajstić information content (AvgIpc) is 2.73. The van der Waals surface area contributed by atoms with Gasteiger partial charge >= 0.3 is 0 Å². The molecule has 1 aliphatic heterocycles. The van der Waals surface area contributed by atoms with Crippen molar-refractivity contribution in [3.8, 4) is 0 Å². The number of piperidine rings is 1. The number of hydrogen-bond acceptors (Lipinski definition) is 3. The SMILES string of the molecule is O=C(CC1CCCCN1S(=O)(=O)c1ccc(F)cc1)NCCCc1ccccc1. The smallest absolute Gasteiger partial charge is 0.243 e. The Morgan fingerprint density at radius 2 is 1.79 bits per heavy atom. The highest BCUT2D eigenvalue weighted by Gasteiger charge is 2.34. The van der Waals surface area contributed by atoms with E-state index in [2.05, 4.69) is 17.4 Å². The first-order valence-corrected chi connectivity index (χ1v) is 11.5. The predicted molar refractivity (Wildman–Crippen MR) is 110 cm³/mol. The molecule has 1 N–H and O–H groups in total. The minimum absolute atomic E-state index is 0.0640. The lowest BCUT2D eigenvalue weighted by molar-refractivity contribution is -0.122. The van der Waals surface area contributed by atoms with Gasteiger partial charge in [-0.15, -0.1) is 0 Å². The zero-order valence-corrected chi connectivity index (χ0v) is 17.2. The summed E-state index contributed by atoms with van der Waals surface area (Å²) >= 11 is 0. The molecule has 1 heterocycles. The lowest BCUT2D eigenvalue weighted by atomic mass is 10.0. The normalized spacial score (nSPS) is 17.8. The summed E-state index contributed by atoms with van der Waals surface area (Å²) in [6.07, 6.45) is 4.16. The molecule has 0 aliphatic carbocycles. The van der Waals surface area contributed by atoms with Crippen molar-refractivity contribution in [2.75, 3.05) is 13.1 Å². The van der Waals surface area contributed by atoms with Gasteiger partial charge in [-0.25, -0.2) is 12.8 Å². The van der Waals surface area contributed by atoms with Crippen molar-refractivity contribution in [2.24, 2.45) is 0 Å². The van der Waals surface area contributed by atoms with Crippen LogP contribution in [0.5, 0.6) is 0 Å². The number of amides is 1. The van der Waals surface area contributed by atoms with Gasteiger partial charge in [0.2, 0.25) is 15.9 Å². The molecule has 0 aromatic heterocycles. The van der Waals surface area contributed by atoms with Crippen LogP contribution in [-0.2, 0) is 21.2 Å². The molecule has 2 aromatic rings. The maximum atomic E-state index is 13.2. The number of aryl methyl sites for hydroxylation is 1. The Labute approximate surface area is 172 Å². The zero-order valence-electron chi connectivity index (χ0n) is 16.4. The van der Waals surface area contributed by atoms with Gasteiger partial charge in [-0.2, -0.15) is 4.31 Å². The summed E-state index contributed by atoms with van der Waals surface area (Å²) in [7, 11) is -3.75. The summed E-state index contributed by atoms with van der Waals surface area (Å²) in [5.41, 5.74) is 1.23. The largest absolute Gasteiger partial charge is 0.356 e. The van der Waals surface area contributed by atoms with Crippen LogP contribution in [0.15, 0.2) is 59.5 Å². The maximum Gasteiger partial charge on any atom is 0.243 e. The Morgan fingerprint density at radius 1 is 1.07 bits per heavy atom. The third-order valence-corrected chi connectivity index (χ3v) is 7.19. The second-order valence-corrected chi connectivity index (χ2v) is 9.25. The summed E-state index contributed by atoms with van der Waals surface area (Å²) in [6.45, 7) is 0.941. The van der Waals surface area contributed by atoms with Gasteiger partial charge in [-0.3, -0.25) is 4.79 Å². The Balaban J connectivity index is 1.55. The summed E-state index contributed by atoms with van der Waals surface area (Å²) in [5.74, 6) is -0.613. The third-order valence-electron chi connectivity index (χ3n) is 5.22. The molecular weight excluding hydrogens is 391 g/mol. The van der Waals surface area contributed by atoms with E-state index in [-0.39, 0.29) is 23.3 Å². The van der Waals surface area contributed by atoms with E-state index in [0.717, 1.165) is 37.8 Å². The number of carbonyl (C=O) groups is 1. The summed E-state index contributed by atoms with van der Waals surface area (Å²) < 4.78 is 40.5. The fraction of sp³-hybridized carbons (Fsp3) is 0.409. The van der Waals surface area contributed by atoms with Crippen LogP contribution in [0.4, 0.5) is 4.39 Å². The highest BCUT2D eigenvalue weighted by molar-refractivity contribution is 7.89. The van der Waals surface area contributed by atoms with Crippen molar-refractivity contribution in [2.45, 2.75) is 49.5 Å². The van der Waals surface area contributed by atoms with Crippen LogP contribution in [0.3, 0.4) is 0 Å². The first kappa shape index (κ1) is 21.5. The first-order valence-electron chi connectivity index (χ1n) is 10.0. The Hall–Kier alpha value is -2.25. The topological polar surface area (TPSA) is 66.5 Å². The number of hydrogen-bond donors (Lipinski definition) is 1. The van der Waals surface area contributed by atoms with Crippen LogP contribution >= 0.6 is 0 Å². The fourth-order valence-corrected chi connectivity index (χ4v) is 5.38. The van der Waals surface area contributed by atoms with Crippen LogP contribution in [0, 0.1) is 5.82 Å². The van der Waals surface area contributed by atoms with Gasteiger partial charge in [0.1, 0.15) is 5.82 Å².